The van der Waals surface area contributed by atoms with E-state index in [1.807, 2.05) is 42.5 Å². The van der Waals surface area contributed by atoms with Crippen molar-refractivity contribution >= 4 is 28.4 Å². The molecule has 1 heterocycles. The molecule has 0 spiro atoms. The second-order valence-corrected chi connectivity index (χ2v) is 4.88. The highest BCUT2D eigenvalue weighted by Gasteiger charge is 2.07. The number of nitrogens with zero attached hydrogens (tertiary/aromatic N) is 2. The molecule has 0 atom stereocenters. The maximum Gasteiger partial charge on any atom is 0.229 e. The van der Waals surface area contributed by atoms with Crippen molar-refractivity contribution in [3.63, 3.8) is 0 Å². The molecule has 0 amide bonds. The molecule has 0 bridgehead atoms. The highest BCUT2D eigenvalue weighted by atomic mass is 15.1. The molecule has 3 rings (SSSR count). The lowest BCUT2D eigenvalue weighted by Gasteiger charge is -2.12. The Labute approximate surface area is 124 Å². The van der Waals surface area contributed by atoms with Gasteiger partial charge in [0.05, 0.1) is 5.52 Å². The summed E-state index contributed by atoms with van der Waals surface area (Å²) in [7, 11) is 0. The molecule has 0 saturated carbocycles. The minimum Gasteiger partial charge on any atom is -0.370 e. The lowest BCUT2D eigenvalue weighted by atomic mass is 10.2. The average molecular weight is 278 g/mol. The second kappa shape index (κ2) is 5.79. The van der Waals surface area contributed by atoms with Gasteiger partial charge in [0, 0.05) is 17.6 Å². The van der Waals surface area contributed by atoms with Gasteiger partial charge in [0.2, 0.25) is 5.95 Å². The normalized spacial score (nSPS) is 10.6. The van der Waals surface area contributed by atoms with Crippen LogP contribution in [0.3, 0.4) is 0 Å². The number of anilines is 3. The fourth-order valence-corrected chi connectivity index (χ4v) is 2.27. The molecule has 1 aromatic heterocycles. The van der Waals surface area contributed by atoms with Crippen molar-refractivity contribution < 1.29 is 0 Å². The molecular weight excluding hydrogens is 260 g/mol. The second-order valence-electron chi connectivity index (χ2n) is 4.88. The van der Waals surface area contributed by atoms with Crippen LogP contribution in [0.5, 0.6) is 0 Å². The number of benzene rings is 2. The van der Waals surface area contributed by atoms with Gasteiger partial charge in [0.25, 0.3) is 0 Å². The number of fused-ring (bicyclic) bond motifs is 1. The lowest BCUT2D eigenvalue weighted by molar-refractivity contribution is 1.14. The van der Waals surface area contributed by atoms with Gasteiger partial charge in [0.1, 0.15) is 5.82 Å². The third-order valence-electron chi connectivity index (χ3n) is 3.34. The van der Waals surface area contributed by atoms with E-state index in [-0.39, 0.29) is 0 Å². The summed E-state index contributed by atoms with van der Waals surface area (Å²) in [6, 6.07) is 16.1. The monoisotopic (exact) mass is 278 g/mol. The minimum absolute atomic E-state index is 0.610. The first-order valence-electron chi connectivity index (χ1n) is 7.11. The Hall–Kier alpha value is -2.62. The fourth-order valence-electron chi connectivity index (χ4n) is 2.27. The summed E-state index contributed by atoms with van der Waals surface area (Å²) in [5.74, 6) is 1.47. The Morgan fingerprint density at radius 3 is 2.52 bits per heavy atom. The number of rotatable bonds is 4. The van der Waals surface area contributed by atoms with E-state index in [0.717, 1.165) is 29.0 Å². The van der Waals surface area contributed by atoms with Gasteiger partial charge >= 0.3 is 0 Å². The molecule has 21 heavy (non-hydrogen) atoms. The molecule has 0 fully saturated rings. The lowest BCUT2D eigenvalue weighted by Crippen LogP contribution is -2.05. The molecule has 0 aliphatic carbocycles. The minimum atomic E-state index is 0.610. The van der Waals surface area contributed by atoms with Gasteiger partial charge in [-0.2, -0.15) is 4.98 Å². The van der Waals surface area contributed by atoms with Crippen LogP contribution in [-0.2, 0) is 0 Å². The molecule has 0 aliphatic rings. The van der Waals surface area contributed by atoms with Crippen LogP contribution in [0.15, 0.2) is 48.5 Å². The summed E-state index contributed by atoms with van der Waals surface area (Å²) in [4.78, 5) is 9.19. The van der Waals surface area contributed by atoms with Gasteiger partial charge in [0.15, 0.2) is 0 Å². The predicted octanol–water partition coefficient (Wildman–Crippen LogP) is 4.11. The smallest absolute Gasteiger partial charge is 0.229 e. The van der Waals surface area contributed by atoms with E-state index < -0.39 is 0 Å². The molecule has 4 heteroatoms. The Bertz CT molecular complexity index is 768. The first kappa shape index (κ1) is 13.4. The van der Waals surface area contributed by atoms with Crippen molar-refractivity contribution in [3.8, 4) is 0 Å². The maximum absolute atomic E-state index is 4.59. The SMILES string of the molecule is CCNc1nc(Nc2ccccc2C)nc2ccccc12. The molecule has 2 N–H and O–H groups in total. The van der Waals surface area contributed by atoms with Crippen LogP contribution in [-0.4, -0.2) is 16.5 Å². The average Bonchev–Trinajstić information content (AvgIpc) is 2.50. The van der Waals surface area contributed by atoms with Gasteiger partial charge in [-0.15, -0.1) is 0 Å². The van der Waals surface area contributed by atoms with E-state index in [2.05, 4.69) is 40.5 Å². The zero-order chi connectivity index (χ0) is 14.7. The molecule has 0 aliphatic heterocycles. The van der Waals surface area contributed by atoms with E-state index >= 15 is 0 Å². The van der Waals surface area contributed by atoms with Crippen molar-refractivity contribution in [2.24, 2.45) is 0 Å². The van der Waals surface area contributed by atoms with E-state index in [1.165, 1.54) is 5.56 Å². The topological polar surface area (TPSA) is 49.8 Å². The number of para-hydroxylation sites is 2. The van der Waals surface area contributed by atoms with E-state index in [1.54, 1.807) is 0 Å². The molecule has 2 aromatic carbocycles. The number of hydrogen-bond acceptors (Lipinski definition) is 4. The fraction of sp³-hybridized carbons (Fsp3) is 0.176. The van der Waals surface area contributed by atoms with Gasteiger partial charge in [-0.3, -0.25) is 0 Å². The number of aromatic nitrogens is 2. The van der Waals surface area contributed by atoms with Gasteiger partial charge in [-0.05, 0) is 37.6 Å². The summed E-state index contributed by atoms with van der Waals surface area (Å²) in [5.41, 5.74) is 3.12. The van der Waals surface area contributed by atoms with Gasteiger partial charge < -0.3 is 10.6 Å². The van der Waals surface area contributed by atoms with Gasteiger partial charge in [-0.1, -0.05) is 30.3 Å². The Kier molecular flexibility index (Phi) is 3.69. The Morgan fingerprint density at radius 1 is 0.952 bits per heavy atom. The van der Waals surface area contributed by atoms with E-state index in [9.17, 15) is 0 Å². The van der Waals surface area contributed by atoms with Crippen LogP contribution in [0, 0.1) is 6.92 Å². The van der Waals surface area contributed by atoms with Crippen molar-refractivity contribution in [1.29, 1.82) is 0 Å². The predicted molar refractivity (Wildman–Crippen MR) is 88.2 cm³/mol. The Balaban J connectivity index is 2.05. The van der Waals surface area contributed by atoms with E-state index in [0.29, 0.717) is 5.95 Å². The summed E-state index contributed by atoms with van der Waals surface area (Å²) in [6.45, 7) is 4.95. The van der Waals surface area contributed by atoms with Crippen LogP contribution in [0.1, 0.15) is 12.5 Å². The molecule has 0 unspecified atom stereocenters. The third-order valence-corrected chi connectivity index (χ3v) is 3.34. The highest BCUT2D eigenvalue weighted by molar-refractivity contribution is 5.90. The number of hydrogen-bond donors (Lipinski definition) is 2. The highest BCUT2D eigenvalue weighted by Crippen LogP contribution is 2.24. The molecule has 0 radical (unpaired) electrons. The zero-order valence-electron chi connectivity index (χ0n) is 12.2. The number of aryl methyl sites for hydroxylation is 1. The van der Waals surface area contributed by atoms with Crippen molar-refractivity contribution in [1.82, 2.24) is 9.97 Å². The van der Waals surface area contributed by atoms with Crippen LogP contribution in [0.4, 0.5) is 17.5 Å². The summed E-state index contributed by atoms with van der Waals surface area (Å²) < 4.78 is 0. The molecule has 3 aromatic rings. The first-order chi connectivity index (χ1) is 10.3. The van der Waals surface area contributed by atoms with Crippen LogP contribution >= 0.6 is 0 Å². The molecular formula is C17H18N4. The number of nitrogens with one attached hydrogen (secondary N) is 2. The van der Waals surface area contributed by atoms with Crippen molar-refractivity contribution in [2.45, 2.75) is 13.8 Å². The quantitative estimate of drug-likeness (QED) is 0.754. The van der Waals surface area contributed by atoms with E-state index in [4.69, 9.17) is 0 Å². The van der Waals surface area contributed by atoms with Crippen LogP contribution in [0.25, 0.3) is 10.9 Å². The standard InChI is InChI=1S/C17H18N4/c1-3-18-16-13-9-5-7-11-15(13)20-17(21-16)19-14-10-6-4-8-12(14)2/h4-11H,3H2,1-2H3,(H2,18,19,20,21). The van der Waals surface area contributed by atoms with Crippen molar-refractivity contribution in [2.75, 3.05) is 17.2 Å². The maximum atomic E-state index is 4.59. The molecule has 4 nitrogen and oxygen atoms in total. The molecule has 106 valence electrons. The van der Waals surface area contributed by atoms with Gasteiger partial charge in [-0.25, -0.2) is 4.98 Å². The largest absolute Gasteiger partial charge is 0.370 e. The van der Waals surface area contributed by atoms with Crippen molar-refractivity contribution in [3.05, 3.63) is 54.1 Å². The third kappa shape index (κ3) is 2.79. The van der Waals surface area contributed by atoms with Crippen LogP contribution < -0.4 is 10.6 Å². The molecule has 0 saturated heterocycles. The summed E-state index contributed by atoms with van der Waals surface area (Å²) >= 11 is 0. The first-order valence-corrected chi connectivity index (χ1v) is 7.11. The zero-order valence-corrected chi connectivity index (χ0v) is 12.2. The Morgan fingerprint density at radius 2 is 1.71 bits per heavy atom. The summed E-state index contributed by atoms with van der Waals surface area (Å²) in [6.07, 6.45) is 0. The summed E-state index contributed by atoms with van der Waals surface area (Å²) in [5, 5.41) is 7.64. The van der Waals surface area contributed by atoms with Crippen LogP contribution in [0.2, 0.25) is 0 Å².